The van der Waals surface area contributed by atoms with Crippen LogP contribution in [-0.4, -0.2) is 18.9 Å². The van der Waals surface area contributed by atoms with Crippen LogP contribution in [0.3, 0.4) is 0 Å². The van der Waals surface area contributed by atoms with E-state index in [0.29, 0.717) is 13.1 Å². The molecule has 0 radical (unpaired) electrons. The van der Waals surface area contributed by atoms with Gasteiger partial charge < -0.3 is 5.32 Å². The molecule has 0 atom stereocenters. The van der Waals surface area contributed by atoms with Crippen LogP contribution in [0.2, 0.25) is 5.02 Å². The number of hydrogen-bond donors (Lipinski definition) is 1. The molecule has 1 rings (SSSR count). The first kappa shape index (κ1) is 12.1. The van der Waals surface area contributed by atoms with Crippen LogP contribution in [0.5, 0.6) is 0 Å². The van der Waals surface area contributed by atoms with E-state index in [1.165, 1.54) is 13.0 Å². The number of ketones is 1. The highest BCUT2D eigenvalue weighted by Crippen LogP contribution is 2.15. The molecule has 0 saturated carbocycles. The van der Waals surface area contributed by atoms with Crippen molar-refractivity contribution in [3.05, 3.63) is 34.6 Å². The number of benzene rings is 1. The van der Waals surface area contributed by atoms with E-state index in [9.17, 15) is 9.18 Å². The van der Waals surface area contributed by atoms with Crippen LogP contribution < -0.4 is 5.32 Å². The molecule has 82 valence electrons. The van der Waals surface area contributed by atoms with Crippen molar-refractivity contribution in [2.45, 2.75) is 13.3 Å². The minimum absolute atomic E-state index is 0.104. The second kappa shape index (κ2) is 5.83. The Bertz CT molecular complexity index is 354. The monoisotopic (exact) mass is 229 g/mol. The Kier molecular flexibility index (Phi) is 4.72. The van der Waals surface area contributed by atoms with Crippen LogP contribution in [0.1, 0.15) is 12.5 Å². The maximum absolute atomic E-state index is 12.8. The zero-order valence-electron chi connectivity index (χ0n) is 8.52. The molecule has 1 aromatic rings. The summed E-state index contributed by atoms with van der Waals surface area (Å²) in [7, 11) is 0. The van der Waals surface area contributed by atoms with Crippen LogP contribution in [-0.2, 0) is 11.2 Å². The van der Waals surface area contributed by atoms with Crippen molar-refractivity contribution in [3.8, 4) is 0 Å². The van der Waals surface area contributed by atoms with Crippen molar-refractivity contribution in [3.63, 3.8) is 0 Å². The Morgan fingerprint density at radius 3 is 2.87 bits per heavy atom. The number of carbonyl (C=O) groups is 1. The molecule has 0 aliphatic carbocycles. The Balaban J connectivity index is 2.38. The molecule has 0 fully saturated rings. The van der Waals surface area contributed by atoms with E-state index < -0.39 is 5.82 Å². The topological polar surface area (TPSA) is 29.1 Å². The van der Waals surface area contributed by atoms with E-state index in [0.717, 1.165) is 12.0 Å². The highest BCUT2D eigenvalue weighted by Gasteiger charge is 2.00. The van der Waals surface area contributed by atoms with Crippen LogP contribution in [0.25, 0.3) is 0 Å². The van der Waals surface area contributed by atoms with Gasteiger partial charge in [0.1, 0.15) is 11.6 Å². The standard InChI is InChI=1S/C11H13ClFNO/c1-8(15)7-14-5-4-9-2-3-11(13)10(12)6-9/h2-3,6,14H,4-5,7H2,1H3. The zero-order chi connectivity index (χ0) is 11.3. The molecule has 0 spiro atoms. The minimum atomic E-state index is -0.405. The highest BCUT2D eigenvalue weighted by atomic mass is 35.5. The third-order valence-electron chi connectivity index (χ3n) is 1.95. The van der Waals surface area contributed by atoms with Gasteiger partial charge in [-0.1, -0.05) is 17.7 Å². The van der Waals surface area contributed by atoms with E-state index in [-0.39, 0.29) is 10.8 Å². The maximum Gasteiger partial charge on any atom is 0.143 e. The molecule has 0 heterocycles. The van der Waals surface area contributed by atoms with E-state index >= 15 is 0 Å². The van der Waals surface area contributed by atoms with Crippen LogP contribution >= 0.6 is 11.6 Å². The van der Waals surface area contributed by atoms with Crippen LogP contribution in [0.15, 0.2) is 18.2 Å². The summed E-state index contributed by atoms with van der Waals surface area (Å²) in [6.45, 7) is 2.58. The molecule has 2 nitrogen and oxygen atoms in total. The van der Waals surface area contributed by atoms with Gasteiger partial charge in [0, 0.05) is 0 Å². The number of rotatable bonds is 5. The third-order valence-corrected chi connectivity index (χ3v) is 2.24. The van der Waals surface area contributed by atoms with Gasteiger partial charge in [-0.3, -0.25) is 4.79 Å². The summed E-state index contributed by atoms with van der Waals surface area (Å²) in [6.07, 6.45) is 0.729. The number of halogens is 2. The molecule has 0 aromatic heterocycles. The van der Waals surface area contributed by atoms with Crippen molar-refractivity contribution in [2.24, 2.45) is 0 Å². The quantitative estimate of drug-likeness (QED) is 0.785. The lowest BCUT2D eigenvalue weighted by Crippen LogP contribution is -2.23. The number of Topliss-reactive ketones (excluding diaryl/α,β-unsaturated/α-hetero) is 1. The lowest BCUT2D eigenvalue weighted by molar-refractivity contribution is -0.116. The van der Waals surface area contributed by atoms with Crippen molar-refractivity contribution in [1.82, 2.24) is 5.32 Å². The molecule has 4 heteroatoms. The predicted molar refractivity (Wildman–Crippen MR) is 58.7 cm³/mol. The molecule has 0 amide bonds. The van der Waals surface area contributed by atoms with Crippen molar-refractivity contribution in [2.75, 3.05) is 13.1 Å². The molecular weight excluding hydrogens is 217 g/mol. The SMILES string of the molecule is CC(=O)CNCCc1ccc(F)c(Cl)c1. The third kappa shape index (κ3) is 4.40. The lowest BCUT2D eigenvalue weighted by atomic mass is 10.1. The van der Waals surface area contributed by atoms with E-state index in [4.69, 9.17) is 11.6 Å². The van der Waals surface area contributed by atoms with Gasteiger partial charge >= 0.3 is 0 Å². The summed E-state index contributed by atoms with van der Waals surface area (Å²) in [5, 5.41) is 3.12. The fourth-order valence-corrected chi connectivity index (χ4v) is 1.40. The highest BCUT2D eigenvalue weighted by molar-refractivity contribution is 6.30. The summed E-state index contributed by atoms with van der Waals surface area (Å²) >= 11 is 5.63. The first-order chi connectivity index (χ1) is 7.09. The summed E-state index contributed by atoms with van der Waals surface area (Å²) in [5.74, 6) is -0.302. The molecule has 1 aromatic carbocycles. The molecule has 0 aliphatic rings. The van der Waals surface area contributed by atoms with E-state index in [1.807, 2.05) is 0 Å². The molecule has 0 bridgehead atoms. The van der Waals surface area contributed by atoms with Gasteiger partial charge in [0.15, 0.2) is 0 Å². The van der Waals surface area contributed by atoms with E-state index in [1.54, 1.807) is 12.1 Å². The summed E-state index contributed by atoms with van der Waals surface area (Å²) in [4.78, 5) is 10.6. The number of nitrogens with one attached hydrogen (secondary N) is 1. The maximum atomic E-state index is 12.8. The molecule has 0 saturated heterocycles. The Morgan fingerprint density at radius 2 is 2.27 bits per heavy atom. The summed E-state index contributed by atoms with van der Waals surface area (Å²) in [6, 6.07) is 4.64. The fraction of sp³-hybridized carbons (Fsp3) is 0.364. The van der Waals surface area contributed by atoms with Crippen molar-refractivity contribution >= 4 is 17.4 Å². The predicted octanol–water partition coefficient (Wildman–Crippen LogP) is 2.20. The van der Waals surface area contributed by atoms with Gasteiger partial charge in [0.05, 0.1) is 11.6 Å². The van der Waals surface area contributed by atoms with Gasteiger partial charge in [0.25, 0.3) is 0 Å². The first-order valence-electron chi connectivity index (χ1n) is 4.73. The van der Waals surface area contributed by atoms with Crippen molar-refractivity contribution < 1.29 is 9.18 Å². The molecular formula is C11H13ClFNO. The van der Waals surface area contributed by atoms with Crippen LogP contribution in [0.4, 0.5) is 4.39 Å². The molecule has 15 heavy (non-hydrogen) atoms. The average Bonchev–Trinajstić information content (AvgIpc) is 2.18. The van der Waals surface area contributed by atoms with Crippen LogP contribution in [0, 0.1) is 5.82 Å². The smallest absolute Gasteiger partial charge is 0.143 e. The second-order valence-corrected chi connectivity index (χ2v) is 3.78. The zero-order valence-corrected chi connectivity index (χ0v) is 9.27. The molecule has 1 N–H and O–H groups in total. The van der Waals surface area contributed by atoms with Gasteiger partial charge in [-0.25, -0.2) is 4.39 Å². The van der Waals surface area contributed by atoms with E-state index in [2.05, 4.69) is 5.32 Å². The largest absolute Gasteiger partial charge is 0.310 e. The second-order valence-electron chi connectivity index (χ2n) is 3.38. The Morgan fingerprint density at radius 1 is 1.53 bits per heavy atom. The minimum Gasteiger partial charge on any atom is -0.310 e. The van der Waals surface area contributed by atoms with Gasteiger partial charge in [-0.15, -0.1) is 0 Å². The summed E-state index contributed by atoms with van der Waals surface area (Å²) < 4.78 is 12.8. The molecule has 0 unspecified atom stereocenters. The van der Waals surface area contributed by atoms with Gasteiger partial charge in [-0.2, -0.15) is 0 Å². The van der Waals surface area contributed by atoms with Crippen molar-refractivity contribution in [1.29, 1.82) is 0 Å². The summed E-state index contributed by atoms with van der Waals surface area (Å²) in [5.41, 5.74) is 0.956. The van der Waals surface area contributed by atoms with Gasteiger partial charge in [-0.05, 0) is 37.6 Å². The normalized spacial score (nSPS) is 10.3. The Hall–Kier alpha value is -0.930. The number of hydrogen-bond acceptors (Lipinski definition) is 2. The molecule has 0 aliphatic heterocycles. The average molecular weight is 230 g/mol. The number of carbonyl (C=O) groups excluding carboxylic acids is 1. The Labute approximate surface area is 93.4 Å². The van der Waals surface area contributed by atoms with Gasteiger partial charge in [0.2, 0.25) is 0 Å². The fourth-order valence-electron chi connectivity index (χ4n) is 1.19. The lowest BCUT2D eigenvalue weighted by Gasteiger charge is -2.03. The first-order valence-corrected chi connectivity index (χ1v) is 5.11.